The molecule has 0 saturated heterocycles. The van der Waals surface area contributed by atoms with Crippen LogP contribution in [-0.4, -0.2) is 21.4 Å². The standard InChI is InChI=1S/C23H17ClN4O2S/c24-18-9-3-1-6-15(18)14-31-23-26-22-21(27-28-23)17-8-2-4-10-19(17)25-20(30-22)12-11-16-7-5-13-29-16/h1-13,20,25H,14H2. The highest BCUT2D eigenvalue weighted by molar-refractivity contribution is 7.98. The van der Waals surface area contributed by atoms with E-state index in [2.05, 4.69) is 20.5 Å². The van der Waals surface area contributed by atoms with Crippen LogP contribution in [0.3, 0.4) is 0 Å². The van der Waals surface area contributed by atoms with E-state index in [4.69, 9.17) is 20.8 Å². The predicted octanol–water partition coefficient (Wildman–Crippen LogP) is 5.92. The summed E-state index contributed by atoms with van der Waals surface area (Å²) in [7, 11) is 0. The molecule has 31 heavy (non-hydrogen) atoms. The molecule has 8 heteroatoms. The molecule has 1 aliphatic heterocycles. The van der Waals surface area contributed by atoms with Crippen molar-refractivity contribution in [2.24, 2.45) is 0 Å². The molecule has 0 bridgehead atoms. The highest BCUT2D eigenvalue weighted by Crippen LogP contribution is 2.37. The second-order valence-electron chi connectivity index (χ2n) is 6.73. The predicted molar refractivity (Wildman–Crippen MR) is 122 cm³/mol. The lowest BCUT2D eigenvalue weighted by Gasteiger charge is -2.15. The number of anilines is 1. The highest BCUT2D eigenvalue weighted by Gasteiger charge is 2.23. The zero-order chi connectivity index (χ0) is 21.0. The molecule has 0 radical (unpaired) electrons. The number of furan rings is 1. The van der Waals surface area contributed by atoms with Gasteiger partial charge in [0.15, 0.2) is 11.9 Å². The van der Waals surface area contributed by atoms with Crippen molar-refractivity contribution in [2.45, 2.75) is 17.1 Å². The van der Waals surface area contributed by atoms with Crippen LogP contribution in [0.1, 0.15) is 11.3 Å². The summed E-state index contributed by atoms with van der Waals surface area (Å²) < 4.78 is 11.5. The van der Waals surface area contributed by atoms with Gasteiger partial charge in [-0.15, -0.1) is 10.2 Å². The number of thioether (sulfide) groups is 1. The number of nitrogens with one attached hydrogen (secondary N) is 1. The molecule has 0 saturated carbocycles. The minimum Gasteiger partial charge on any atom is -0.465 e. The monoisotopic (exact) mass is 448 g/mol. The third kappa shape index (κ3) is 4.42. The summed E-state index contributed by atoms with van der Waals surface area (Å²) in [4.78, 5) is 4.64. The van der Waals surface area contributed by atoms with Crippen molar-refractivity contribution in [1.82, 2.24) is 15.2 Å². The Morgan fingerprint density at radius 1 is 1.03 bits per heavy atom. The number of para-hydroxylation sites is 1. The van der Waals surface area contributed by atoms with E-state index in [9.17, 15) is 0 Å². The van der Waals surface area contributed by atoms with Gasteiger partial charge in [-0.1, -0.05) is 59.8 Å². The molecular formula is C23H17ClN4O2S. The lowest BCUT2D eigenvalue weighted by molar-refractivity contribution is 0.266. The molecule has 0 fully saturated rings. The first-order valence-corrected chi connectivity index (χ1v) is 11.0. The number of hydrogen-bond donors (Lipinski definition) is 1. The van der Waals surface area contributed by atoms with E-state index in [1.165, 1.54) is 11.8 Å². The summed E-state index contributed by atoms with van der Waals surface area (Å²) >= 11 is 7.72. The first-order chi connectivity index (χ1) is 15.3. The summed E-state index contributed by atoms with van der Waals surface area (Å²) in [6.07, 6.45) is 4.91. The molecule has 0 spiro atoms. The number of nitrogens with zero attached hydrogens (tertiary/aromatic N) is 3. The number of ether oxygens (including phenoxy) is 1. The van der Waals surface area contributed by atoms with Crippen LogP contribution in [0.25, 0.3) is 17.3 Å². The highest BCUT2D eigenvalue weighted by atomic mass is 35.5. The number of fused-ring (bicyclic) bond motifs is 3. The minimum absolute atomic E-state index is 0.420. The number of aromatic nitrogens is 3. The van der Waals surface area contributed by atoms with Crippen molar-refractivity contribution in [3.8, 4) is 17.1 Å². The van der Waals surface area contributed by atoms with E-state index in [-0.39, 0.29) is 0 Å². The van der Waals surface area contributed by atoms with Gasteiger partial charge in [-0.2, -0.15) is 4.98 Å². The fraction of sp³-hybridized carbons (Fsp3) is 0.0870. The van der Waals surface area contributed by atoms with E-state index in [0.29, 0.717) is 22.5 Å². The molecule has 1 atom stereocenters. The second kappa shape index (κ2) is 8.83. The molecule has 0 amide bonds. The molecule has 2 aromatic heterocycles. The van der Waals surface area contributed by atoms with E-state index < -0.39 is 6.23 Å². The van der Waals surface area contributed by atoms with Gasteiger partial charge in [-0.3, -0.25) is 0 Å². The maximum Gasteiger partial charge on any atom is 0.247 e. The number of halogens is 1. The maximum atomic E-state index is 6.26. The SMILES string of the molecule is Clc1ccccc1CSc1nnc2c(n1)OC(C=Cc1ccco1)Nc1ccccc1-2. The van der Waals surface area contributed by atoms with Gasteiger partial charge in [-0.05, 0) is 42.0 Å². The lowest BCUT2D eigenvalue weighted by Crippen LogP contribution is -2.23. The van der Waals surface area contributed by atoms with Gasteiger partial charge in [-0.25, -0.2) is 0 Å². The Balaban J connectivity index is 1.44. The number of hydrogen-bond acceptors (Lipinski definition) is 7. The van der Waals surface area contributed by atoms with Crippen molar-refractivity contribution in [2.75, 3.05) is 5.32 Å². The van der Waals surface area contributed by atoms with E-state index in [0.717, 1.165) is 27.6 Å². The molecular weight excluding hydrogens is 432 g/mol. The first kappa shape index (κ1) is 19.7. The normalized spacial score (nSPS) is 14.9. The fourth-order valence-corrected chi connectivity index (χ4v) is 4.21. The lowest BCUT2D eigenvalue weighted by atomic mass is 10.1. The average Bonchev–Trinajstić information content (AvgIpc) is 3.26. The third-order valence-corrected chi connectivity index (χ3v) is 5.90. The molecule has 1 unspecified atom stereocenters. The van der Waals surface area contributed by atoms with Crippen LogP contribution in [0.15, 0.2) is 82.6 Å². The smallest absolute Gasteiger partial charge is 0.247 e. The molecule has 4 aromatic rings. The number of rotatable bonds is 5. The minimum atomic E-state index is -0.453. The van der Waals surface area contributed by atoms with Gasteiger partial charge in [0.2, 0.25) is 11.0 Å². The summed E-state index contributed by atoms with van der Waals surface area (Å²) in [5, 5.41) is 13.3. The van der Waals surface area contributed by atoms with Crippen molar-refractivity contribution < 1.29 is 9.15 Å². The van der Waals surface area contributed by atoms with Crippen molar-refractivity contribution in [3.05, 3.63) is 89.3 Å². The van der Waals surface area contributed by atoms with Gasteiger partial charge >= 0.3 is 0 Å². The van der Waals surface area contributed by atoms with Gasteiger partial charge in [0.1, 0.15) is 5.76 Å². The largest absolute Gasteiger partial charge is 0.465 e. The molecule has 2 aromatic carbocycles. The van der Waals surface area contributed by atoms with Crippen LogP contribution in [0.5, 0.6) is 5.88 Å². The summed E-state index contributed by atoms with van der Waals surface area (Å²) in [5.74, 6) is 1.79. The van der Waals surface area contributed by atoms with Crippen molar-refractivity contribution in [1.29, 1.82) is 0 Å². The summed E-state index contributed by atoms with van der Waals surface area (Å²) in [6, 6.07) is 19.3. The quantitative estimate of drug-likeness (QED) is 0.380. The Kier molecular flexibility index (Phi) is 5.60. The van der Waals surface area contributed by atoms with Gasteiger partial charge in [0.25, 0.3) is 0 Å². The van der Waals surface area contributed by atoms with Crippen molar-refractivity contribution >= 4 is 35.1 Å². The van der Waals surface area contributed by atoms with E-state index >= 15 is 0 Å². The zero-order valence-corrected chi connectivity index (χ0v) is 17.8. The Bertz CT molecular complexity index is 1230. The molecule has 154 valence electrons. The Morgan fingerprint density at radius 2 is 1.90 bits per heavy atom. The fourth-order valence-electron chi connectivity index (χ4n) is 3.14. The molecule has 3 heterocycles. The van der Waals surface area contributed by atoms with Gasteiger partial charge < -0.3 is 14.5 Å². The summed E-state index contributed by atoms with van der Waals surface area (Å²) in [6.45, 7) is 0. The Labute approximate surface area is 188 Å². The van der Waals surface area contributed by atoms with Crippen LogP contribution in [0.4, 0.5) is 5.69 Å². The maximum absolute atomic E-state index is 6.26. The van der Waals surface area contributed by atoms with Crippen LogP contribution < -0.4 is 10.1 Å². The van der Waals surface area contributed by atoms with Crippen LogP contribution in [0, 0.1) is 0 Å². The molecule has 0 aliphatic carbocycles. The van der Waals surface area contributed by atoms with Gasteiger partial charge in [0, 0.05) is 22.0 Å². The van der Waals surface area contributed by atoms with Crippen LogP contribution in [-0.2, 0) is 5.75 Å². The van der Waals surface area contributed by atoms with Gasteiger partial charge in [0.05, 0.1) is 6.26 Å². The Hall–Kier alpha value is -3.29. The van der Waals surface area contributed by atoms with E-state index in [1.807, 2.05) is 72.8 Å². The second-order valence-corrected chi connectivity index (χ2v) is 8.08. The third-order valence-electron chi connectivity index (χ3n) is 4.65. The topological polar surface area (TPSA) is 73.1 Å². The zero-order valence-electron chi connectivity index (χ0n) is 16.2. The van der Waals surface area contributed by atoms with Crippen LogP contribution >= 0.6 is 23.4 Å². The average molecular weight is 449 g/mol. The first-order valence-electron chi connectivity index (χ1n) is 9.61. The Morgan fingerprint density at radius 3 is 2.77 bits per heavy atom. The molecule has 5 rings (SSSR count). The molecule has 6 nitrogen and oxygen atoms in total. The van der Waals surface area contributed by atoms with Crippen molar-refractivity contribution in [3.63, 3.8) is 0 Å². The van der Waals surface area contributed by atoms with E-state index in [1.54, 1.807) is 6.26 Å². The van der Waals surface area contributed by atoms with Crippen LogP contribution in [0.2, 0.25) is 5.02 Å². The molecule has 1 aliphatic rings. The summed E-state index contributed by atoms with van der Waals surface area (Å²) in [5.41, 5.74) is 3.39. The number of benzene rings is 2. The molecule has 1 N–H and O–H groups in total.